The molecule has 0 spiro atoms. The topological polar surface area (TPSA) is 78.4 Å². The molecule has 1 aliphatic rings. The largest absolute Gasteiger partial charge is 0.480 e. The third-order valence-electron chi connectivity index (χ3n) is 3.62. The second kappa shape index (κ2) is 5.94. The number of benzene rings is 1. The van der Waals surface area contributed by atoms with E-state index in [9.17, 15) is 9.59 Å². The Morgan fingerprint density at radius 2 is 2.05 bits per heavy atom. The first-order chi connectivity index (χ1) is 9.49. The first kappa shape index (κ1) is 14.4. The minimum absolute atomic E-state index is 0.139. The highest BCUT2D eigenvalue weighted by atomic mass is 16.4. The number of carbonyl (C=O) groups excluding carboxylic acids is 1. The quantitative estimate of drug-likeness (QED) is 0.778. The predicted octanol–water partition coefficient (Wildman–Crippen LogP) is 1.50. The van der Waals surface area contributed by atoms with Gasteiger partial charge in [-0.3, -0.25) is 4.79 Å². The normalized spacial score (nSPS) is 18.9. The molecule has 0 saturated heterocycles. The summed E-state index contributed by atoms with van der Waals surface area (Å²) in [5.41, 5.74) is 2.14. The molecule has 0 radical (unpaired) electrons. The zero-order chi connectivity index (χ0) is 14.7. The summed E-state index contributed by atoms with van der Waals surface area (Å²) in [5.74, 6) is -1.56. The maximum atomic E-state index is 12.2. The molecule has 0 aromatic heterocycles. The van der Waals surface area contributed by atoms with Gasteiger partial charge in [0.25, 0.3) is 0 Å². The third-order valence-corrected chi connectivity index (χ3v) is 3.62. The second-order valence-corrected chi connectivity index (χ2v) is 5.51. The predicted molar refractivity (Wildman–Crippen MR) is 76.5 cm³/mol. The smallest absolute Gasteiger partial charge is 0.326 e. The van der Waals surface area contributed by atoms with Crippen LogP contribution in [0.1, 0.15) is 19.4 Å². The van der Waals surface area contributed by atoms with Gasteiger partial charge in [0.1, 0.15) is 6.04 Å². The van der Waals surface area contributed by atoms with Gasteiger partial charge >= 0.3 is 5.97 Å². The van der Waals surface area contributed by atoms with Gasteiger partial charge in [-0.05, 0) is 24.0 Å². The Kier molecular flexibility index (Phi) is 4.27. The first-order valence-electron chi connectivity index (χ1n) is 6.84. The van der Waals surface area contributed by atoms with Crippen molar-refractivity contribution in [2.75, 3.05) is 11.9 Å². The highest BCUT2D eigenvalue weighted by molar-refractivity contribution is 5.86. The highest BCUT2D eigenvalue weighted by Gasteiger charge is 2.29. The molecule has 0 bridgehead atoms. The maximum Gasteiger partial charge on any atom is 0.326 e. The van der Waals surface area contributed by atoms with Crippen LogP contribution in [0, 0.1) is 11.8 Å². The van der Waals surface area contributed by atoms with Crippen molar-refractivity contribution in [1.82, 2.24) is 5.32 Å². The average Bonchev–Trinajstić information content (AvgIpc) is 2.43. The van der Waals surface area contributed by atoms with Gasteiger partial charge in [-0.15, -0.1) is 0 Å². The summed E-state index contributed by atoms with van der Waals surface area (Å²) in [4.78, 5) is 23.3. The van der Waals surface area contributed by atoms with Crippen molar-refractivity contribution in [2.45, 2.75) is 26.3 Å². The Morgan fingerprint density at radius 1 is 1.35 bits per heavy atom. The number of amides is 1. The van der Waals surface area contributed by atoms with Crippen LogP contribution in [0.25, 0.3) is 0 Å². The number of carboxylic acids is 1. The van der Waals surface area contributed by atoms with E-state index in [-0.39, 0.29) is 17.7 Å². The van der Waals surface area contributed by atoms with Crippen molar-refractivity contribution >= 4 is 17.6 Å². The van der Waals surface area contributed by atoms with Gasteiger partial charge in [0.15, 0.2) is 0 Å². The van der Waals surface area contributed by atoms with Crippen molar-refractivity contribution in [3.8, 4) is 0 Å². The molecule has 1 aliphatic heterocycles. The van der Waals surface area contributed by atoms with Crippen LogP contribution in [0.3, 0.4) is 0 Å². The molecule has 2 rings (SSSR count). The lowest BCUT2D eigenvalue weighted by atomic mass is 9.92. The van der Waals surface area contributed by atoms with Crippen LogP contribution in [0.2, 0.25) is 0 Å². The molecule has 108 valence electrons. The van der Waals surface area contributed by atoms with Crippen LogP contribution in [0.15, 0.2) is 24.3 Å². The molecule has 0 saturated carbocycles. The summed E-state index contributed by atoms with van der Waals surface area (Å²) in [6.07, 6.45) is 0.638. The van der Waals surface area contributed by atoms with E-state index in [0.717, 1.165) is 11.3 Å². The van der Waals surface area contributed by atoms with E-state index < -0.39 is 12.0 Å². The van der Waals surface area contributed by atoms with Crippen molar-refractivity contribution < 1.29 is 14.7 Å². The van der Waals surface area contributed by atoms with Gasteiger partial charge in [-0.2, -0.15) is 0 Å². The standard InChI is InChI=1S/C15H20N2O3/c1-9(2)13(15(19)20)17-14(18)11-7-10-5-3-4-6-12(10)16-8-11/h3-6,9,11,13,16H,7-8H2,1-2H3,(H,17,18)(H,19,20)/t11?,13-/m1/s1. The Hall–Kier alpha value is -2.04. The molecule has 3 N–H and O–H groups in total. The van der Waals surface area contributed by atoms with Gasteiger partial charge in [0.05, 0.1) is 5.92 Å². The zero-order valence-corrected chi connectivity index (χ0v) is 11.7. The number of rotatable bonds is 4. The van der Waals surface area contributed by atoms with E-state index in [1.165, 1.54) is 0 Å². The molecule has 1 unspecified atom stereocenters. The van der Waals surface area contributed by atoms with E-state index in [4.69, 9.17) is 5.11 Å². The van der Waals surface area contributed by atoms with E-state index >= 15 is 0 Å². The summed E-state index contributed by atoms with van der Waals surface area (Å²) < 4.78 is 0. The molecule has 5 nitrogen and oxygen atoms in total. The minimum Gasteiger partial charge on any atom is -0.480 e. The van der Waals surface area contributed by atoms with Gasteiger partial charge < -0.3 is 15.7 Å². The summed E-state index contributed by atoms with van der Waals surface area (Å²) in [6, 6.07) is 7.02. The van der Waals surface area contributed by atoms with E-state index in [2.05, 4.69) is 10.6 Å². The number of para-hydroxylation sites is 1. The van der Waals surface area contributed by atoms with Crippen molar-refractivity contribution in [1.29, 1.82) is 0 Å². The van der Waals surface area contributed by atoms with Crippen LogP contribution in [0.5, 0.6) is 0 Å². The fourth-order valence-corrected chi connectivity index (χ4v) is 2.41. The third kappa shape index (κ3) is 3.10. The Labute approximate surface area is 118 Å². The summed E-state index contributed by atoms with van der Waals surface area (Å²) in [6.45, 7) is 4.11. The number of anilines is 1. The van der Waals surface area contributed by atoms with Gasteiger partial charge in [0.2, 0.25) is 5.91 Å². The van der Waals surface area contributed by atoms with Crippen molar-refractivity contribution in [3.63, 3.8) is 0 Å². The van der Waals surface area contributed by atoms with Crippen LogP contribution in [-0.4, -0.2) is 29.6 Å². The summed E-state index contributed by atoms with van der Waals surface area (Å²) in [5, 5.41) is 15.0. The number of aliphatic carboxylic acids is 1. The SMILES string of the molecule is CC(C)[C@@H](NC(=O)C1CNc2ccccc2C1)C(=O)O. The van der Waals surface area contributed by atoms with Gasteiger partial charge in [-0.1, -0.05) is 32.0 Å². The number of hydrogen-bond acceptors (Lipinski definition) is 3. The summed E-state index contributed by atoms with van der Waals surface area (Å²) in [7, 11) is 0. The zero-order valence-electron chi connectivity index (χ0n) is 11.7. The van der Waals surface area contributed by atoms with Gasteiger partial charge in [0, 0.05) is 12.2 Å². The van der Waals surface area contributed by atoms with E-state index in [1.54, 1.807) is 13.8 Å². The number of hydrogen-bond donors (Lipinski definition) is 3. The molecule has 1 aromatic rings. The molecule has 0 aliphatic carbocycles. The molecular formula is C15H20N2O3. The summed E-state index contributed by atoms with van der Waals surface area (Å²) >= 11 is 0. The Bertz CT molecular complexity index is 514. The van der Waals surface area contributed by atoms with E-state index in [1.807, 2.05) is 24.3 Å². The molecule has 1 amide bonds. The fraction of sp³-hybridized carbons (Fsp3) is 0.467. The van der Waals surface area contributed by atoms with Crippen LogP contribution < -0.4 is 10.6 Å². The van der Waals surface area contributed by atoms with Crippen LogP contribution in [0.4, 0.5) is 5.69 Å². The molecule has 0 fully saturated rings. The van der Waals surface area contributed by atoms with Crippen LogP contribution >= 0.6 is 0 Å². The molecule has 1 heterocycles. The van der Waals surface area contributed by atoms with Crippen molar-refractivity contribution in [2.24, 2.45) is 11.8 Å². The van der Waals surface area contributed by atoms with E-state index in [0.29, 0.717) is 13.0 Å². The average molecular weight is 276 g/mol. The maximum absolute atomic E-state index is 12.2. The fourth-order valence-electron chi connectivity index (χ4n) is 2.41. The second-order valence-electron chi connectivity index (χ2n) is 5.51. The molecule has 1 aromatic carbocycles. The Morgan fingerprint density at radius 3 is 2.70 bits per heavy atom. The lowest BCUT2D eigenvalue weighted by Gasteiger charge is -2.27. The molecule has 2 atom stereocenters. The van der Waals surface area contributed by atoms with Gasteiger partial charge in [-0.25, -0.2) is 4.79 Å². The first-order valence-corrected chi connectivity index (χ1v) is 6.84. The number of carbonyl (C=O) groups is 2. The molecule has 5 heteroatoms. The Balaban J connectivity index is 2.03. The van der Waals surface area contributed by atoms with Crippen molar-refractivity contribution in [3.05, 3.63) is 29.8 Å². The number of nitrogens with one attached hydrogen (secondary N) is 2. The molecular weight excluding hydrogens is 256 g/mol. The monoisotopic (exact) mass is 276 g/mol. The molecule has 20 heavy (non-hydrogen) atoms. The minimum atomic E-state index is -0.988. The number of carboxylic acid groups (broad SMARTS) is 1. The lowest BCUT2D eigenvalue weighted by Crippen LogP contribution is -2.48. The van der Waals surface area contributed by atoms with Crippen LogP contribution in [-0.2, 0) is 16.0 Å². The highest BCUT2D eigenvalue weighted by Crippen LogP contribution is 2.24. The number of fused-ring (bicyclic) bond motifs is 1. The lowest BCUT2D eigenvalue weighted by molar-refractivity contribution is -0.143.